The second-order valence-corrected chi connectivity index (χ2v) is 5.83. The maximum Gasteiger partial charge on any atom is 0.260 e. The number of hydrogen-bond donors (Lipinski definition) is 0. The van der Waals surface area contributed by atoms with Gasteiger partial charge >= 0.3 is 0 Å². The zero-order valence-electron chi connectivity index (χ0n) is 14.1. The molecule has 0 aromatic heterocycles. The molecule has 1 atom stereocenters. The van der Waals surface area contributed by atoms with E-state index in [0.717, 1.165) is 5.56 Å². The Kier molecular flexibility index (Phi) is 5.48. The summed E-state index contributed by atoms with van der Waals surface area (Å²) in [6.45, 7) is 1.17. The molecule has 2 aromatic rings. The Labute approximate surface area is 151 Å². The minimum atomic E-state index is -0.271. The van der Waals surface area contributed by atoms with Gasteiger partial charge in [0, 0.05) is 6.54 Å². The molecule has 0 bridgehead atoms. The minimum Gasteiger partial charge on any atom is -0.482 e. The van der Waals surface area contributed by atoms with Crippen molar-refractivity contribution in [3.05, 3.63) is 65.2 Å². The molecular weight excluding hydrogens is 330 g/mol. The van der Waals surface area contributed by atoms with Crippen molar-refractivity contribution < 1.29 is 14.3 Å². The second kappa shape index (κ2) is 8.15. The first-order valence-electron chi connectivity index (χ1n) is 8.22. The van der Waals surface area contributed by atoms with Crippen LogP contribution in [0.2, 0.25) is 0 Å². The molecule has 1 aliphatic rings. The second-order valence-electron chi connectivity index (χ2n) is 5.83. The summed E-state index contributed by atoms with van der Waals surface area (Å²) in [7, 11) is 0. The van der Waals surface area contributed by atoms with Crippen LogP contribution >= 0.6 is 0 Å². The number of carbonyl (C=O) groups excluding carboxylic acids is 1. The average molecular weight is 347 g/mol. The lowest BCUT2D eigenvalue weighted by molar-refractivity contribution is -0.141. The Hall–Kier alpha value is -3.35. The molecule has 26 heavy (non-hydrogen) atoms. The van der Waals surface area contributed by atoms with Crippen molar-refractivity contribution in [2.75, 3.05) is 26.3 Å². The number of para-hydroxylation sites is 1. The van der Waals surface area contributed by atoms with Gasteiger partial charge in [-0.15, -0.1) is 0 Å². The average Bonchev–Trinajstić information content (AvgIpc) is 2.72. The molecule has 1 saturated heterocycles. The summed E-state index contributed by atoms with van der Waals surface area (Å²) in [5, 5.41) is 18.1. The quantitative estimate of drug-likeness (QED) is 0.848. The van der Waals surface area contributed by atoms with Gasteiger partial charge in [-0.2, -0.15) is 10.5 Å². The van der Waals surface area contributed by atoms with Gasteiger partial charge in [-0.25, -0.2) is 0 Å². The van der Waals surface area contributed by atoms with Crippen LogP contribution in [0.3, 0.4) is 0 Å². The van der Waals surface area contributed by atoms with Gasteiger partial charge in [0.25, 0.3) is 5.91 Å². The number of rotatable bonds is 4. The number of nitrogens with zero attached hydrogens (tertiary/aromatic N) is 3. The van der Waals surface area contributed by atoms with Gasteiger partial charge in [0.2, 0.25) is 0 Å². The van der Waals surface area contributed by atoms with Crippen LogP contribution in [-0.2, 0) is 9.53 Å². The number of amides is 1. The molecule has 1 fully saturated rings. The molecule has 6 nitrogen and oxygen atoms in total. The van der Waals surface area contributed by atoms with Gasteiger partial charge in [0.05, 0.1) is 30.3 Å². The zero-order chi connectivity index (χ0) is 18.4. The van der Waals surface area contributed by atoms with Crippen molar-refractivity contribution in [1.82, 2.24) is 4.90 Å². The van der Waals surface area contributed by atoms with E-state index in [4.69, 9.17) is 20.0 Å². The molecule has 1 unspecified atom stereocenters. The maximum atomic E-state index is 12.5. The number of benzene rings is 2. The molecular formula is C20H17N3O3. The number of ether oxygens (including phenoxy) is 2. The zero-order valence-corrected chi connectivity index (χ0v) is 14.1. The molecule has 0 aliphatic carbocycles. The van der Waals surface area contributed by atoms with Crippen LogP contribution in [0, 0.1) is 22.7 Å². The van der Waals surface area contributed by atoms with Crippen molar-refractivity contribution in [3.63, 3.8) is 0 Å². The third-order valence-corrected chi connectivity index (χ3v) is 4.17. The standard InChI is InChI=1S/C20H17N3O3/c21-11-15-4-3-6-16(10-15)19-13-23(8-9-25-19)20(24)14-26-18-7-2-1-5-17(18)12-22/h1-7,10,19H,8-9,13-14H2. The summed E-state index contributed by atoms with van der Waals surface area (Å²) in [4.78, 5) is 14.2. The van der Waals surface area contributed by atoms with E-state index in [1.165, 1.54) is 0 Å². The van der Waals surface area contributed by atoms with Crippen LogP contribution in [0.1, 0.15) is 22.8 Å². The van der Waals surface area contributed by atoms with E-state index in [9.17, 15) is 4.79 Å². The molecule has 130 valence electrons. The van der Waals surface area contributed by atoms with Gasteiger partial charge in [0.1, 0.15) is 17.9 Å². The number of nitriles is 2. The highest BCUT2D eigenvalue weighted by molar-refractivity contribution is 5.78. The van der Waals surface area contributed by atoms with Crippen molar-refractivity contribution >= 4 is 5.91 Å². The van der Waals surface area contributed by atoms with Crippen LogP contribution in [0.15, 0.2) is 48.5 Å². The Morgan fingerprint density at radius 2 is 2.04 bits per heavy atom. The van der Waals surface area contributed by atoms with Crippen molar-refractivity contribution in [2.24, 2.45) is 0 Å². The number of carbonyl (C=O) groups is 1. The summed E-state index contributed by atoms with van der Waals surface area (Å²) >= 11 is 0. The lowest BCUT2D eigenvalue weighted by atomic mass is 10.0. The number of morpholine rings is 1. The third-order valence-electron chi connectivity index (χ3n) is 4.17. The molecule has 2 aromatic carbocycles. The monoisotopic (exact) mass is 347 g/mol. The fourth-order valence-electron chi connectivity index (χ4n) is 2.80. The van der Waals surface area contributed by atoms with Gasteiger partial charge in [-0.1, -0.05) is 24.3 Å². The normalized spacial score (nSPS) is 16.4. The molecule has 3 rings (SSSR count). The molecule has 0 spiro atoms. The van der Waals surface area contributed by atoms with E-state index >= 15 is 0 Å². The molecule has 0 saturated carbocycles. The highest BCUT2D eigenvalue weighted by Crippen LogP contribution is 2.23. The molecule has 1 amide bonds. The summed E-state index contributed by atoms with van der Waals surface area (Å²) in [6, 6.07) is 18.2. The Balaban J connectivity index is 1.63. The van der Waals surface area contributed by atoms with Crippen molar-refractivity contribution in [3.8, 4) is 17.9 Å². The van der Waals surface area contributed by atoms with Gasteiger partial charge in [-0.05, 0) is 29.8 Å². The Morgan fingerprint density at radius 1 is 1.19 bits per heavy atom. The van der Waals surface area contributed by atoms with Crippen LogP contribution in [0.4, 0.5) is 0 Å². The fraction of sp³-hybridized carbons (Fsp3) is 0.250. The molecule has 0 radical (unpaired) electrons. The van der Waals surface area contributed by atoms with Crippen molar-refractivity contribution in [2.45, 2.75) is 6.10 Å². The van der Waals surface area contributed by atoms with Crippen LogP contribution in [0.5, 0.6) is 5.75 Å². The van der Waals surface area contributed by atoms with E-state index in [0.29, 0.717) is 36.6 Å². The largest absolute Gasteiger partial charge is 0.482 e. The first kappa shape index (κ1) is 17.5. The highest BCUT2D eigenvalue weighted by Gasteiger charge is 2.26. The molecule has 1 aliphatic heterocycles. The first-order valence-corrected chi connectivity index (χ1v) is 8.22. The smallest absolute Gasteiger partial charge is 0.260 e. The van der Waals surface area contributed by atoms with Gasteiger partial charge in [0.15, 0.2) is 6.61 Å². The van der Waals surface area contributed by atoms with E-state index in [-0.39, 0.29) is 18.6 Å². The topological polar surface area (TPSA) is 86.4 Å². The summed E-state index contributed by atoms with van der Waals surface area (Å²) in [6.07, 6.45) is -0.271. The minimum absolute atomic E-state index is 0.135. The Morgan fingerprint density at radius 3 is 2.85 bits per heavy atom. The predicted octanol–water partition coefficient (Wildman–Crippen LogP) is 2.41. The lowest BCUT2D eigenvalue weighted by Gasteiger charge is -2.33. The Bertz CT molecular complexity index is 882. The lowest BCUT2D eigenvalue weighted by Crippen LogP contribution is -2.44. The number of hydrogen-bond acceptors (Lipinski definition) is 5. The summed E-state index contributed by atoms with van der Waals surface area (Å²) in [5.41, 5.74) is 1.83. The first-order chi connectivity index (χ1) is 12.7. The fourth-order valence-corrected chi connectivity index (χ4v) is 2.80. The molecule has 1 heterocycles. The molecule has 6 heteroatoms. The summed E-state index contributed by atoms with van der Waals surface area (Å²) < 4.78 is 11.3. The van der Waals surface area contributed by atoms with Crippen molar-refractivity contribution in [1.29, 1.82) is 10.5 Å². The molecule has 0 N–H and O–H groups in total. The van der Waals surface area contributed by atoms with E-state index in [1.807, 2.05) is 12.1 Å². The SMILES string of the molecule is N#Cc1cccc(C2CN(C(=O)COc3ccccc3C#N)CCO2)c1. The van der Waals surface area contributed by atoms with Gasteiger partial charge in [-0.3, -0.25) is 4.79 Å². The summed E-state index contributed by atoms with van der Waals surface area (Å²) in [5.74, 6) is 0.234. The maximum absolute atomic E-state index is 12.5. The van der Waals surface area contributed by atoms with Gasteiger partial charge < -0.3 is 14.4 Å². The van der Waals surface area contributed by atoms with E-state index in [2.05, 4.69) is 6.07 Å². The third kappa shape index (κ3) is 4.00. The van der Waals surface area contributed by atoms with E-state index < -0.39 is 0 Å². The van der Waals surface area contributed by atoms with Crippen LogP contribution in [-0.4, -0.2) is 37.1 Å². The van der Waals surface area contributed by atoms with E-state index in [1.54, 1.807) is 47.4 Å². The predicted molar refractivity (Wildman–Crippen MR) is 93.1 cm³/mol. The van der Waals surface area contributed by atoms with Crippen LogP contribution < -0.4 is 4.74 Å². The van der Waals surface area contributed by atoms with Crippen LogP contribution in [0.25, 0.3) is 0 Å². The highest BCUT2D eigenvalue weighted by atomic mass is 16.5.